The van der Waals surface area contributed by atoms with Gasteiger partial charge in [0.2, 0.25) is 6.20 Å². The highest BCUT2D eigenvalue weighted by atomic mass is 19.4. The van der Waals surface area contributed by atoms with Crippen LogP contribution < -0.4 is 9.49 Å². The van der Waals surface area contributed by atoms with Crippen molar-refractivity contribution in [3.05, 3.63) is 42.1 Å². The SMILES string of the molecule is Cc1cccc2ccc[n+](O[B-](F)(F)C(F)(F)F)c12. The van der Waals surface area contributed by atoms with Gasteiger partial charge in [-0.15, -0.1) is 0 Å². The summed E-state index contributed by atoms with van der Waals surface area (Å²) in [7, 11) is 0. The molecule has 2 aromatic rings. The number of hydrogen-bond donors (Lipinski definition) is 0. The van der Waals surface area contributed by atoms with Gasteiger partial charge in [0.05, 0.1) is 5.39 Å². The minimum Gasteiger partial charge on any atom is -0.432 e. The summed E-state index contributed by atoms with van der Waals surface area (Å²) >= 11 is 0. The number of para-hydroxylation sites is 1. The molecule has 1 heterocycles. The molecule has 0 unspecified atom stereocenters. The van der Waals surface area contributed by atoms with Gasteiger partial charge in [-0.2, -0.15) is 0 Å². The highest BCUT2D eigenvalue weighted by Gasteiger charge is 2.60. The first-order valence-corrected chi connectivity index (χ1v) is 5.39. The van der Waals surface area contributed by atoms with Gasteiger partial charge in [-0.05, 0) is 23.8 Å². The number of fused-ring (bicyclic) bond motifs is 1. The molecule has 0 N–H and O–H groups in total. The standard InChI is InChI=1S/C11H9BF5NO/c1-8-4-2-5-9-6-3-7-18(10(8)9)19-12(16,17)11(13,14)15/h2-7H,1H3. The quantitative estimate of drug-likeness (QED) is 0.467. The second-order valence-electron chi connectivity index (χ2n) is 4.09. The van der Waals surface area contributed by atoms with Crippen molar-refractivity contribution in [1.82, 2.24) is 0 Å². The van der Waals surface area contributed by atoms with Crippen molar-refractivity contribution in [2.75, 3.05) is 0 Å². The third kappa shape index (κ3) is 2.47. The molecule has 19 heavy (non-hydrogen) atoms. The van der Waals surface area contributed by atoms with E-state index in [0.717, 1.165) is 6.20 Å². The summed E-state index contributed by atoms with van der Waals surface area (Å²) in [6.07, 6.45) is -4.69. The highest BCUT2D eigenvalue weighted by molar-refractivity contribution is 6.61. The van der Waals surface area contributed by atoms with Crippen LogP contribution in [0.25, 0.3) is 10.9 Å². The molecule has 102 valence electrons. The average Bonchev–Trinajstić information content (AvgIpc) is 2.27. The number of nitrogens with zero attached hydrogens (tertiary/aromatic N) is 1. The van der Waals surface area contributed by atoms with Crippen LogP contribution in [0, 0.1) is 6.92 Å². The van der Waals surface area contributed by atoms with Crippen LogP contribution in [0.2, 0.25) is 0 Å². The maximum atomic E-state index is 13.0. The van der Waals surface area contributed by atoms with Crippen molar-refractivity contribution >= 4 is 17.8 Å². The van der Waals surface area contributed by atoms with E-state index in [0.29, 0.717) is 15.7 Å². The molecule has 1 aromatic heterocycles. The van der Waals surface area contributed by atoms with Crippen LogP contribution in [-0.4, -0.2) is 13.0 Å². The first-order valence-electron chi connectivity index (χ1n) is 5.39. The van der Waals surface area contributed by atoms with Gasteiger partial charge in [-0.3, -0.25) is 0 Å². The Hall–Kier alpha value is -1.86. The first-order chi connectivity index (χ1) is 8.72. The molecule has 0 bridgehead atoms. The molecule has 0 fully saturated rings. The topological polar surface area (TPSA) is 13.1 Å². The summed E-state index contributed by atoms with van der Waals surface area (Å²) in [6.45, 7) is -4.36. The fourth-order valence-corrected chi connectivity index (χ4v) is 1.71. The van der Waals surface area contributed by atoms with E-state index in [1.165, 1.54) is 6.07 Å². The smallest absolute Gasteiger partial charge is 0.432 e. The number of pyridine rings is 1. The van der Waals surface area contributed by atoms with E-state index in [4.69, 9.17) is 0 Å². The van der Waals surface area contributed by atoms with Gasteiger partial charge < -0.3 is 13.4 Å². The molecule has 1 aromatic carbocycles. The lowest BCUT2D eigenvalue weighted by atomic mass is 9.87. The largest absolute Gasteiger partial charge is 0.658 e. The minimum absolute atomic E-state index is 0.177. The zero-order valence-electron chi connectivity index (χ0n) is 9.79. The van der Waals surface area contributed by atoms with Crippen LogP contribution in [0.1, 0.15) is 5.56 Å². The van der Waals surface area contributed by atoms with Gasteiger partial charge in [0.15, 0.2) is 0 Å². The highest BCUT2D eigenvalue weighted by Crippen LogP contribution is 2.29. The monoisotopic (exact) mass is 277 g/mol. The molecule has 0 saturated carbocycles. The van der Waals surface area contributed by atoms with Crippen LogP contribution in [0.15, 0.2) is 36.5 Å². The Balaban J connectivity index is 2.53. The Kier molecular flexibility index (Phi) is 3.11. The van der Waals surface area contributed by atoms with Gasteiger partial charge in [0, 0.05) is 11.6 Å². The summed E-state index contributed by atoms with van der Waals surface area (Å²) in [4.78, 5) is 0. The van der Waals surface area contributed by atoms with Crippen LogP contribution >= 0.6 is 0 Å². The summed E-state index contributed by atoms with van der Waals surface area (Å²) in [5.41, 5.74) is 0.711. The second-order valence-corrected chi connectivity index (χ2v) is 4.09. The molecular formula is C11H9BF5NO. The summed E-state index contributed by atoms with van der Waals surface area (Å²) in [6, 6.07) is 7.81. The van der Waals surface area contributed by atoms with E-state index in [1.807, 2.05) is 0 Å². The van der Waals surface area contributed by atoms with Crippen LogP contribution in [-0.2, 0) is 0 Å². The fourth-order valence-electron chi connectivity index (χ4n) is 1.71. The minimum atomic E-state index is -5.96. The normalized spacial score (nSPS) is 12.7. The summed E-state index contributed by atoms with van der Waals surface area (Å²) in [5, 5.41) is 0.510. The van der Waals surface area contributed by atoms with Gasteiger partial charge in [0.1, 0.15) is 0 Å². The van der Waals surface area contributed by atoms with Gasteiger partial charge in [-0.1, -0.05) is 12.1 Å². The first kappa shape index (κ1) is 13.6. The Morgan fingerprint density at radius 1 is 1.11 bits per heavy atom. The Labute approximate surface area is 105 Å². The van der Waals surface area contributed by atoms with E-state index in [1.54, 1.807) is 31.2 Å². The molecule has 0 aliphatic heterocycles. The van der Waals surface area contributed by atoms with Crippen molar-refractivity contribution in [2.24, 2.45) is 0 Å². The van der Waals surface area contributed by atoms with Gasteiger partial charge in [0.25, 0.3) is 5.52 Å². The number of benzene rings is 1. The van der Waals surface area contributed by atoms with Gasteiger partial charge in [-0.25, -0.2) is 13.2 Å². The van der Waals surface area contributed by atoms with Crippen LogP contribution in [0.5, 0.6) is 0 Å². The van der Waals surface area contributed by atoms with E-state index in [9.17, 15) is 21.8 Å². The number of rotatable bonds is 2. The molecule has 0 radical (unpaired) electrons. The summed E-state index contributed by atoms with van der Waals surface area (Å²) in [5.74, 6) is 0. The van der Waals surface area contributed by atoms with Crippen molar-refractivity contribution in [2.45, 2.75) is 13.0 Å². The predicted molar refractivity (Wildman–Crippen MR) is 59.5 cm³/mol. The Bertz CT molecular complexity index is 608. The maximum absolute atomic E-state index is 13.0. The van der Waals surface area contributed by atoms with Crippen molar-refractivity contribution in [3.63, 3.8) is 0 Å². The molecule has 0 spiro atoms. The number of aryl methyl sites for hydroxylation is 1. The number of hydrogen-bond acceptors (Lipinski definition) is 1. The van der Waals surface area contributed by atoms with E-state index in [-0.39, 0.29) is 5.52 Å². The third-order valence-electron chi connectivity index (χ3n) is 2.61. The molecule has 0 saturated heterocycles. The van der Waals surface area contributed by atoms with Crippen molar-refractivity contribution in [1.29, 1.82) is 0 Å². The summed E-state index contributed by atoms with van der Waals surface area (Å²) < 4.78 is 66.8. The molecular weight excluding hydrogens is 268 g/mol. The van der Waals surface area contributed by atoms with Crippen LogP contribution in [0.4, 0.5) is 21.8 Å². The lowest BCUT2D eigenvalue weighted by Crippen LogP contribution is -2.62. The second kappa shape index (κ2) is 4.36. The predicted octanol–water partition coefficient (Wildman–Crippen LogP) is 2.84. The van der Waals surface area contributed by atoms with Crippen molar-refractivity contribution in [3.8, 4) is 0 Å². The van der Waals surface area contributed by atoms with E-state index in [2.05, 4.69) is 4.76 Å². The van der Waals surface area contributed by atoms with Crippen molar-refractivity contribution < 1.29 is 31.3 Å². The molecule has 0 amide bonds. The van der Waals surface area contributed by atoms with Gasteiger partial charge >= 0.3 is 13.0 Å². The molecule has 0 aliphatic carbocycles. The average molecular weight is 277 g/mol. The molecule has 8 heteroatoms. The lowest BCUT2D eigenvalue weighted by Gasteiger charge is -2.23. The maximum Gasteiger partial charge on any atom is 0.658 e. The molecule has 2 rings (SSSR count). The van der Waals surface area contributed by atoms with E-state index < -0.39 is 13.0 Å². The zero-order valence-corrected chi connectivity index (χ0v) is 9.79. The zero-order chi connectivity index (χ0) is 14.3. The number of aromatic nitrogens is 1. The Morgan fingerprint density at radius 2 is 1.74 bits per heavy atom. The van der Waals surface area contributed by atoms with E-state index >= 15 is 0 Å². The fraction of sp³-hybridized carbons (Fsp3) is 0.182. The lowest BCUT2D eigenvalue weighted by molar-refractivity contribution is -0.847. The number of halogens is 5. The molecule has 0 atom stereocenters. The molecule has 0 aliphatic rings. The molecule has 2 nitrogen and oxygen atoms in total. The van der Waals surface area contributed by atoms with Crippen LogP contribution in [0.3, 0.4) is 0 Å². The number of alkyl halides is 3. The third-order valence-corrected chi connectivity index (χ3v) is 2.61. The Morgan fingerprint density at radius 3 is 2.37 bits per heavy atom.